The van der Waals surface area contributed by atoms with Crippen LogP contribution >= 0.6 is 0 Å². The van der Waals surface area contributed by atoms with Gasteiger partial charge in [-0.3, -0.25) is 4.68 Å². The third-order valence-electron chi connectivity index (χ3n) is 2.28. The quantitative estimate of drug-likeness (QED) is 0.867. The van der Waals surface area contributed by atoms with Gasteiger partial charge in [0.25, 0.3) is 0 Å². The number of nitrogens with zero attached hydrogens (tertiary/aromatic N) is 2. The summed E-state index contributed by atoms with van der Waals surface area (Å²) in [7, 11) is 0. The van der Waals surface area contributed by atoms with E-state index in [0.717, 1.165) is 11.4 Å². The number of aryl methyl sites for hydroxylation is 2. The number of rotatable bonds is 3. The number of hydrogen-bond donors (Lipinski definition) is 1. The van der Waals surface area contributed by atoms with Gasteiger partial charge in [0.2, 0.25) is 0 Å². The van der Waals surface area contributed by atoms with E-state index >= 15 is 0 Å². The molecule has 0 bridgehead atoms. The Kier molecular flexibility index (Phi) is 3.48. The number of nitrogens with one attached hydrogen (secondary N) is 1. The lowest BCUT2D eigenvalue weighted by molar-refractivity contribution is -0.155. The summed E-state index contributed by atoms with van der Waals surface area (Å²) in [6.45, 7) is 3.10. The van der Waals surface area contributed by atoms with Crippen molar-refractivity contribution in [3.05, 3.63) is 23.5 Å². The van der Waals surface area contributed by atoms with Gasteiger partial charge in [0, 0.05) is 11.4 Å². The largest absolute Gasteiger partial charge is 0.406 e. The third-order valence-corrected chi connectivity index (χ3v) is 2.28. The average Bonchev–Trinajstić information content (AvgIpc) is 2.47. The van der Waals surface area contributed by atoms with E-state index in [1.807, 2.05) is 0 Å². The summed E-state index contributed by atoms with van der Waals surface area (Å²) in [6, 6.07) is 4.82. The molecule has 0 aliphatic heterocycles. The SMILES string of the molecule is Cc1ccc(C)n1NCC(C#N)C(F)(F)F. The van der Waals surface area contributed by atoms with Gasteiger partial charge >= 0.3 is 6.18 Å². The Bertz CT molecular complexity index is 381. The van der Waals surface area contributed by atoms with Crippen LogP contribution in [0.25, 0.3) is 0 Å². The number of aromatic nitrogens is 1. The molecule has 1 unspecified atom stereocenters. The van der Waals surface area contributed by atoms with Crippen molar-refractivity contribution in [1.82, 2.24) is 4.68 Å². The molecular weight excluding hydrogens is 219 g/mol. The minimum Gasteiger partial charge on any atom is -0.324 e. The smallest absolute Gasteiger partial charge is 0.324 e. The van der Waals surface area contributed by atoms with Gasteiger partial charge in [0.05, 0.1) is 12.6 Å². The van der Waals surface area contributed by atoms with E-state index in [9.17, 15) is 13.2 Å². The number of nitriles is 1. The lowest BCUT2D eigenvalue weighted by Crippen LogP contribution is -2.32. The van der Waals surface area contributed by atoms with Gasteiger partial charge in [-0.1, -0.05) is 0 Å². The maximum Gasteiger partial charge on any atom is 0.406 e. The molecule has 0 saturated carbocycles. The van der Waals surface area contributed by atoms with Crippen molar-refractivity contribution in [1.29, 1.82) is 5.26 Å². The van der Waals surface area contributed by atoms with E-state index < -0.39 is 18.6 Å². The summed E-state index contributed by atoms with van der Waals surface area (Å²) in [5.74, 6) is -1.99. The monoisotopic (exact) mass is 231 g/mol. The molecule has 0 fully saturated rings. The first-order chi connectivity index (χ1) is 7.36. The van der Waals surface area contributed by atoms with Crippen LogP contribution in [0, 0.1) is 31.1 Å². The van der Waals surface area contributed by atoms with Gasteiger partial charge in [-0.05, 0) is 26.0 Å². The van der Waals surface area contributed by atoms with Crippen molar-refractivity contribution in [3.63, 3.8) is 0 Å². The molecule has 6 heteroatoms. The molecule has 0 aromatic carbocycles. The topological polar surface area (TPSA) is 40.8 Å². The summed E-state index contributed by atoms with van der Waals surface area (Å²) in [5, 5.41) is 8.41. The van der Waals surface area contributed by atoms with E-state index in [0.29, 0.717) is 0 Å². The Hall–Kier alpha value is -1.64. The first-order valence-corrected chi connectivity index (χ1v) is 4.71. The molecule has 88 valence electrons. The Morgan fingerprint density at radius 2 is 1.88 bits per heavy atom. The van der Waals surface area contributed by atoms with E-state index in [1.165, 1.54) is 10.7 Å². The molecule has 1 aromatic heterocycles. The normalized spacial score (nSPS) is 13.2. The highest BCUT2D eigenvalue weighted by Crippen LogP contribution is 2.25. The predicted octanol–water partition coefficient (Wildman–Crippen LogP) is 2.35. The van der Waals surface area contributed by atoms with Crippen LogP contribution in [0.3, 0.4) is 0 Å². The van der Waals surface area contributed by atoms with Crippen LogP contribution in [-0.2, 0) is 0 Å². The van der Waals surface area contributed by atoms with Gasteiger partial charge in [-0.25, -0.2) is 0 Å². The second-order valence-corrected chi connectivity index (χ2v) is 3.54. The summed E-state index contributed by atoms with van der Waals surface area (Å²) in [5.41, 5.74) is 4.20. The summed E-state index contributed by atoms with van der Waals surface area (Å²) < 4.78 is 38.4. The van der Waals surface area contributed by atoms with Crippen LogP contribution in [0.1, 0.15) is 11.4 Å². The lowest BCUT2D eigenvalue weighted by Gasteiger charge is -2.17. The van der Waals surface area contributed by atoms with E-state index in [1.54, 1.807) is 26.0 Å². The van der Waals surface area contributed by atoms with E-state index in [2.05, 4.69) is 5.43 Å². The zero-order valence-corrected chi connectivity index (χ0v) is 8.97. The van der Waals surface area contributed by atoms with Gasteiger partial charge in [0.15, 0.2) is 5.92 Å². The van der Waals surface area contributed by atoms with Gasteiger partial charge in [-0.2, -0.15) is 18.4 Å². The first kappa shape index (κ1) is 12.4. The average molecular weight is 231 g/mol. The fourth-order valence-corrected chi connectivity index (χ4v) is 1.33. The molecule has 3 nitrogen and oxygen atoms in total. The molecule has 0 radical (unpaired) electrons. The maximum absolute atomic E-state index is 12.3. The molecule has 1 N–H and O–H groups in total. The summed E-state index contributed by atoms with van der Waals surface area (Å²) >= 11 is 0. The highest BCUT2D eigenvalue weighted by molar-refractivity contribution is 5.15. The fourth-order valence-electron chi connectivity index (χ4n) is 1.33. The highest BCUT2D eigenvalue weighted by Gasteiger charge is 2.39. The second kappa shape index (κ2) is 4.47. The maximum atomic E-state index is 12.3. The zero-order chi connectivity index (χ0) is 12.3. The lowest BCUT2D eigenvalue weighted by atomic mass is 10.2. The minimum atomic E-state index is -4.49. The third kappa shape index (κ3) is 2.69. The number of hydrogen-bond acceptors (Lipinski definition) is 2. The van der Waals surface area contributed by atoms with Gasteiger partial charge < -0.3 is 5.43 Å². The molecular formula is C10H12F3N3. The van der Waals surface area contributed by atoms with Crippen molar-refractivity contribution in [2.75, 3.05) is 12.0 Å². The van der Waals surface area contributed by atoms with Crippen molar-refractivity contribution < 1.29 is 13.2 Å². The molecule has 0 aliphatic rings. The van der Waals surface area contributed by atoms with E-state index in [-0.39, 0.29) is 0 Å². The first-order valence-electron chi connectivity index (χ1n) is 4.71. The predicted molar refractivity (Wildman–Crippen MR) is 53.3 cm³/mol. The molecule has 1 aromatic rings. The molecule has 1 rings (SSSR count). The summed E-state index contributed by atoms with van der Waals surface area (Å²) in [6.07, 6.45) is -4.49. The zero-order valence-electron chi connectivity index (χ0n) is 8.97. The van der Waals surface area contributed by atoms with Gasteiger partial charge in [-0.15, -0.1) is 0 Å². The number of alkyl halides is 3. The molecule has 1 atom stereocenters. The second-order valence-electron chi connectivity index (χ2n) is 3.54. The van der Waals surface area contributed by atoms with Crippen LogP contribution in [-0.4, -0.2) is 17.4 Å². The van der Waals surface area contributed by atoms with Crippen LogP contribution in [0.2, 0.25) is 0 Å². The van der Waals surface area contributed by atoms with Crippen LogP contribution in [0.15, 0.2) is 12.1 Å². The Labute approximate surface area is 91.4 Å². The molecule has 1 heterocycles. The standard InChI is InChI=1S/C10H12F3N3/c1-7-3-4-8(2)16(7)15-6-9(5-14)10(11,12)13/h3-4,9,15H,6H2,1-2H3. The highest BCUT2D eigenvalue weighted by atomic mass is 19.4. The molecule has 0 spiro atoms. The molecule has 0 saturated heterocycles. The van der Waals surface area contributed by atoms with Crippen LogP contribution < -0.4 is 5.43 Å². The Morgan fingerprint density at radius 1 is 1.38 bits per heavy atom. The van der Waals surface area contributed by atoms with E-state index in [4.69, 9.17) is 5.26 Å². The summed E-state index contributed by atoms with van der Waals surface area (Å²) in [4.78, 5) is 0. The molecule has 0 aliphatic carbocycles. The molecule has 0 amide bonds. The fraction of sp³-hybridized carbons (Fsp3) is 0.500. The van der Waals surface area contributed by atoms with Crippen molar-refractivity contribution in [2.45, 2.75) is 20.0 Å². The minimum absolute atomic E-state index is 0.448. The van der Waals surface area contributed by atoms with Crippen LogP contribution in [0.5, 0.6) is 0 Å². The van der Waals surface area contributed by atoms with Crippen molar-refractivity contribution >= 4 is 0 Å². The van der Waals surface area contributed by atoms with Crippen molar-refractivity contribution in [2.24, 2.45) is 5.92 Å². The van der Waals surface area contributed by atoms with Crippen LogP contribution in [0.4, 0.5) is 13.2 Å². The van der Waals surface area contributed by atoms with Gasteiger partial charge in [0.1, 0.15) is 0 Å². The Balaban J connectivity index is 2.68. The van der Waals surface area contributed by atoms with Crippen molar-refractivity contribution in [3.8, 4) is 6.07 Å². The Morgan fingerprint density at radius 3 is 2.25 bits per heavy atom. The number of halogens is 3. The molecule has 16 heavy (non-hydrogen) atoms.